The molecule has 2 bridgehead atoms. The Kier molecular flexibility index (Phi) is 29.5. The number of carbonyl (C=O) groups is 3. The zero-order valence-corrected chi connectivity index (χ0v) is 44.2. The Labute approximate surface area is 432 Å². The minimum atomic E-state index is -2.52. The number of carboxylic acids is 1. The largest absolute Gasteiger partial charge is 0.481 e. The number of unbranched alkanes of at least 4 members (excludes halogenated alkanes) is 2. The number of hydrogen-bond acceptors (Lipinski definition) is 17. The summed E-state index contributed by atoms with van der Waals surface area (Å²) in [6.45, 7) is 13.0. The van der Waals surface area contributed by atoms with E-state index < -0.39 is 139 Å². The molecule has 73 heavy (non-hydrogen) atoms. The van der Waals surface area contributed by atoms with Gasteiger partial charge in [-0.3, -0.25) is 14.6 Å². The van der Waals surface area contributed by atoms with Gasteiger partial charge < -0.3 is 81.8 Å². The third-order valence-corrected chi connectivity index (χ3v) is 14.7. The number of nitrogens with two attached hydrogens (primary N) is 2. The molecule has 2 rings (SSSR count). The van der Waals surface area contributed by atoms with Crippen LogP contribution in [0.1, 0.15) is 145 Å². The predicted octanol–water partition coefficient (Wildman–Crippen LogP) is 2.49. The Balaban J connectivity index is 2.42. The van der Waals surface area contributed by atoms with Crippen LogP contribution in [0.3, 0.4) is 0 Å². The fourth-order valence-electron chi connectivity index (χ4n) is 9.67. The summed E-state index contributed by atoms with van der Waals surface area (Å²) in [4.78, 5) is 41.4. The van der Waals surface area contributed by atoms with Crippen molar-refractivity contribution >= 4 is 23.9 Å². The summed E-state index contributed by atoms with van der Waals surface area (Å²) >= 11 is 0. The van der Waals surface area contributed by atoms with E-state index in [0.717, 1.165) is 32.1 Å². The van der Waals surface area contributed by atoms with Crippen molar-refractivity contribution in [3.05, 3.63) is 36.5 Å². The van der Waals surface area contributed by atoms with Gasteiger partial charge in [-0.05, 0) is 69.1 Å². The predicted molar refractivity (Wildman–Crippen MR) is 273 cm³/mol. The maximum atomic E-state index is 13.5. The number of carbonyl (C=O) groups excluding carboxylic acids is 2. The molecule has 0 aliphatic carbocycles. The monoisotopic (exact) mass is 1040 g/mol. The van der Waals surface area contributed by atoms with Gasteiger partial charge in [0.1, 0.15) is 24.7 Å². The zero-order valence-electron chi connectivity index (χ0n) is 44.2. The van der Waals surface area contributed by atoms with Crippen LogP contribution < -0.4 is 11.5 Å². The van der Waals surface area contributed by atoms with Crippen LogP contribution in [0.25, 0.3) is 0 Å². The number of ether oxygens (including phenoxy) is 3. The molecular weight excluding hydrogens is 951 g/mol. The van der Waals surface area contributed by atoms with E-state index >= 15 is 0 Å². The van der Waals surface area contributed by atoms with Crippen molar-refractivity contribution < 1.29 is 84.8 Å². The first kappa shape index (κ1) is 65.6. The van der Waals surface area contributed by atoms with Crippen LogP contribution >= 0.6 is 0 Å². The molecule has 0 aromatic heterocycles. The number of nitrogens with zero attached hydrogens (tertiary/aromatic N) is 1. The summed E-state index contributed by atoms with van der Waals surface area (Å²) in [6, 6.07) is 0. The topological polar surface area (TPSA) is 366 Å². The molecule has 0 aromatic rings. The van der Waals surface area contributed by atoms with E-state index in [4.69, 9.17) is 25.7 Å². The molecule has 0 saturated carbocycles. The molecule has 20 heteroatoms. The van der Waals surface area contributed by atoms with Crippen molar-refractivity contribution in [2.75, 3.05) is 6.54 Å². The standard InChI is InChI=1S/C53H93N3O17/c1-30(14-12-10-8-9-11-13-21-56-52(54)55)22-34(5)50-33(4)16-19-41(59)35(6)43(61)24-37(57)23-38(71-49(68)28-47(65)66)25-39-26-45(63)51(69)53(70,73-39)29-46(64)32(3)15-18-40(58)36(7)44(62)27-42(60)31(2)17-20-48(67)72-50/h8-9,16-17,19-20,30-46,50-51,57-64,69-70H,10-15,18,21-29H2,1-7H3,(H,65,66)(H4,54,55,56)/b9-8+,19-16-,20-17-. The number of esters is 2. The van der Waals surface area contributed by atoms with Crippen LogP contribution in [-0.2, 0) is 28.6 Å². The Morgan fingerprint density at radius 3 is 2.07 bits per heavy atom. The number of cyclic esters (lactones) is 1. The first-order chi connectivity index (χ1) is 34.1. The lowest BCUT2D eigenvalue weighted by Crippen LogP contribution is -2.60. The molecule has 20 unspecified atom stereocenters. The molecule has 20 nitrogen and oxygen atoms in total. The minimum absolute atomic E-state index is 0.0758. The van der Waals surface area contributed by atoms with Gasteiger partial charge in [0.25, 0.3) is 0 Å². The van der Waals surface area contributed by atoms with Crippen LogP contribution in [-0.4, -0.2) is 166 Å². The van der Waals surface area contributed by atoms with E-state index in [9.17, 15) is 70.6 Å². The number of aliphatic hydroxyl groups excluding tert-OH is 9. The summed E-state index contributed by atoms with van der Waals surface area (Å²) in [5, 5.41) is 121. The van der Waals surface area contributed by atoms with Crippen LogP contribution in [0.2, 0.25) is 0 Å². The summed E-state index contributed by atoms with van der Waals surface area (Å²) in [6.07, 6.45) is -2.69. The van der Waals surface area contributed by atoms with Crippen molar-refractivity contribution in [3.8, 4) is 0 Å². The SMILES string of the molecule is CC(CCC/C=C/CCCN=C(N)N)CC(C)C1OC(=O)/C=C\C(C)C(O)CC(O)C(C)C(O)CCC(C)C(O)CC2(O)OC(CC(OC(=O)CC(=O)O)CC(O)CC(O)C(C)C(O)/C=C\C1C)CC(O)C2O. The zero-order chi connectivity index (χ0) is 55.2. The number of fused-ring (bicyclic) bond motifs is 2. The molecule has 1 fully saturated rings. The maximum absolute atomic E-state index is 13.5. The van der Waals surface area contributed by atoms with Crippen molar-refractivity contribution in [2.24, 2.45) is 57.9 Å². The van der Waals surface area contributed by atoms with Gasteiger partial charge in [0.05, 0.1) is 54.9 Å². The molecule has 0 aromatic carbocycles. The molecule has 2 aliphatic heterocycles. The number of aliphatic carboxylic acids is 1. The van der Waals surface area contributed by atoms with E-state index in [1.807, 2.05) is 13.8 Å². The van der Waals surface area contributed by atoms with E-state index in [-0.39, 0.29) is 62.7 Å². The van der Waals surface area contributed by atoms with E-state index in [0.29, 0.717) is 13.0 Å². The molecule has 1 saturated heterocycles. The highest BCUT2D eigenvalue weighted by molar-refractivity contribution is 5.90. The van der Waals surface area contributed by atoms with Gasteiger partial charge in [0.15, 0.2) is 11.7 Å². The number of guanidine groups is 1. The van der Waals surface area contributed by atoms with Crippen LogP contribution in [0, 0.1) is 41.4 Å². The van der Waals surface area contributed by atoms with Gasteiger partial charge in [-0.1, -0.05) is 85.3 Å². The molecular formula is C53H93N3O17. The van der Waals surface area contributed by atoms with Crippen LogP contribution in [0.4, 0.5) is 0 Å². The van der Waals surface area contributed by atoms with Gasteiger partial charge in [0, 0.05) is 68.4 Å². The fraction of sp³-hybridized carbons (Fsp3) is 0.811. The van der Waals surface area contributed by atoms with Crippen molar-refractivity contribution in [1.29, 1.82) is 0 Å². The first-order valence-corrected chi connectivity index (χ1v) is 26.3. The van der Waals surface area contributed by atoms with E-state index in [2.05, 4.69) is 24.1 Å². The highest BCUT2D eigenvalue weighted by Crippen LogP contribution is 2.36. The minimum Gasteiger partial charge on any atom is -0.481 e. The number of rotatable bonds is 14. The van der Waals surface area contributed by atoms with Gasteiger partial charge in [-0.15, -0.1) is 0 Å². The third-order valence-electron chi connectivity index (χ3n) is 14.7. The summed E-state index contributed by atoms with van der Waals surface area (Å²) in [7, 11) is 0. The van der Waals surface area contributed by atoms with E-state index in [1.165, 1.54) is 18.2 Å². The van der Waals surface area contributed by atoms with Crippen molar-refractivity contribution in [3.63, 3.8) is 0 Å². The normalized spacial score (nSPS) is 38.3. The maximum Gasteiger partial charge on any atom is 0.330 e. The fourth-order valence-corrected chi connectivity index (χ4v) is 9.67. The number of allylic oxidation sites excluding steroid dienone is 2. The molecule has 2 heterocycles. The lowest BCUT2D eigenvalue weighted by molar-refractivity contribution is -0.333. The lowest BCUT2D eigenvalue weighted by Gasteiger charge is -2.45. The summed E-state index contributed by atoms with van der Waals surface area (Å²) in [5.74, 6) is -8.90. The molecule has 2 aliphatic rings. The second-order valence-electron chi connectivity index (χ2n) is 21.4. The summed E-state index contributed by atoms with van der Waals surface area (Å²) in [5.41, 5.74) is 10.8. The Bertz CT molecular complexity index is 1750. The van der Waals surface area contributed by atoms with Crippen molar-refractivity contribution in [2.45, 2.75) is 224 Å². The number of hydrogen-bond donors (Lipinski definition) is 13. The summed E-state index contributed by atoms with van der Waals surface area (Å²) < 4.78 is 17.4. The van der Waals surface area contributed by atoms with Gasteiger partial charge in [-0.2, -0.15) is 0 Å². The second-order valence-corrected chi connectivity index (χ2v) is 21.4. The molecule has 0 radical (unpaired) electrons. The first-order valence-electron chi connectivity index (χ1n) is 26.3. The van der Waals surface area contributed by atoms with E-state index in [1.54, 1.807) is 33.8 Å². The van der Waals surface area contributed by atoms with Gasteiger partial charge in [0.2, 0.25) is 0 Å². The number of carboxylic acid groups (broad SMARTS) is 1. The number of aliphatic imine (C=N–C) groups is 1. The Hall–Kier alpha value is -3.54. The quantitative estimate of drug-likeness (QED) is 0.0297. The van der Waals surface area contributed by atoms with Crippen molar-refractivity contribution in [1.82, 2.24) is 0 Å². The molecule has 0 spiro atoms. The van der Waals surface area contributed by atoms with Gasteiger partial charge in [-0.25, -0.2) is 4.79 Å². The van der Waals surface area contributed by atoms with Gasteiger partial charge >= 0.3 is 17.9 Å². The second kappa shape index (κ2) is 32.8. The molecule has 422 valence electrons. The highest BCUT2D eigenvalue weighted by Gasteiger charge is 2.50. The van der Waals surface area contributed by atoms with Crippen LogP contribution in [0.15, 0.2) is 41.4 Å². The average molecular weight is 1040 g/mol. The lowest BCUT2D eigenvalue weighted by atomic mass is 9.83. The average Bonchev–Trinajstić information content (AvgIpc) is 3.30. The molecule has 0 amide bonds. The Morgan fingerprint density at radius 1 is 0.781 bits per heavy atom. The van der Waals surface area contributed by atoms with Crippen LogP contribution in [0.5, 0.6) is 0 Å². The molecule has 20 atom stereocenters. The highest BCUT2D eigenvalue weighted by atomic mass is 16.7. The third kappa shape index (κ3) is 24.3. The molecule has 15 N–H and O–H groups in total. The Morgan fingerprint density at radius 2 is 1.42 bits per heavy atom. The smallest absolute Gasteiger partial charge is 0.330 e. The number of aliphatic hydroxyl groups is 10.